The lowest BCUT2D eigenvalue weighted by atomic mass is 9.95. The number of carboxylic acids is 1. The number of carboxylic acid groups (broad SMARTS) is 1. The number of hydrogen-bond acceptors (Lipinski definition) is 11. The predicted molar refractivity (Wildman–Crippen MR) is 80.8 cm³/mol. The minimum Gasteiger partial charge on any atom is -0.479 e. The van der Waals surface area contributed by atoms with Crippen LogP contribution in [0.25, 0.3) is 0 Å². The third-order valence-electron chi connectivity index (χ3n) is 4.35. The van der Waals surface area contributed by atoms with Crippen LogP contribution in [0.4, 0.5) is 0 Å². The Morgan fingerprint density at radius 3 is 2.15 bits per heavy atom. The molecule has 0 unspecified atom stereocenters. The molecular formula is C14H23NO12. The van der Waals surface area contributed by atoms with Crippen molar-refractivity contribution in [3.63, 3.8) is 0 Å². The van der Waals surface area contributed by atoms with E-state index in [4.69, 9.17) is 19.3 Å². The van der Waals surface area contributed by atoms with E-state index in [-0.39, 0.29) is 0 Å². The highest BCUT2D eigenvalue weighted by Crippen LogP contribution is 2.28. The van der Waals surface area contributed by atoms with Gasteiger partial charge in [0.2, 0.25) is 5.91 Å². The fourth-order valence-electron chi connectivity index (χ4n) is 2.95. The quantitative estimate of drug-likeness (QED) is 0.218. The van der Waals surface area contributed by atoms with Gasteiger partial charge in [-0.2, -0.15) is 0 Å². The van der Waals surface area contributed by atoms with Crippen LogP contribution in [-0.2, 0) is 23.8 Å². The largest absolute Gasteiger partial charge is 0.479 e. The molecule has 0 saturated carbocycles. The van der Waals surface area contributed by atoms with E-state index in [0.29, 0.717) is 0 Å². The van der Waals surface area contributed by atoms with E-state index in [1.54, 1.807) is 0 Å². The first kappa shape index (κ1) is 21.9. The number of aliphatic carboxylic acids is 1. The van der Waals surface area contributed by atoms with E-state index in [1.165, 1.54) is 0 Å². The van der Waals surface area contributed by atoms with E-state index in [9.17, 15) is 40.2 Å². The van der Waals surface area contributed by atoms with Crippen molar-refractivity contribution in [2.45, 2.75) is 68.3 Å². The van der Waals surface area contributed by atoms with Gasteiger partial charge in [0.1, 0.15) is 42.7 Å². The van der Waals surface area contributed by atoms with Gasteiger partial charge in [-0.25, -0.2) is 4.79 Å². The molecule has 0 aromatic rings. The Kier molecular flexibility index (Phi) is 7.07. The summed E-state index contributed by atoms with van der Waals surface area (Å²) < 4.78 is 15.3. The molecule has 0 spiro atoms. The average molecular weight is 397 g/mol. The van der Waals surface area contributed by atoms with Gasteiger partial charge in [0.15, 0.2) is 18.7 Å². The summed E-state index contributed by atoms with van der Waals surface area (Å²) in [7, 11) is 0. The van der Waals surface area contributed by atoms with Crippen LogP contribution < -0.4 is 5.32 Å². The van der Waals surface area contributed by atoms with E-state index >= 15 is 0 Å². The van der Waals surface area contributed by atoms with Gasteiger partial charge in [0.25, 0.3) is 0 Å². The van der Waals surface area contributed by atoms with Crippen LogP contribution in [-0.4, -0.2) is 116 Å². The third-order valence-corrected chi connectivity index (χ3v) is 4.35. The SMILES string of the molecule is CC(=O)N[C@@H]1[C@@H](O[C@@H]2O[C@H](C(=O)O)[C@@H](O)[C@H](O)[C@H]2O)[C@@H](O)[C@@H](CO)O[C@H]1O. The zero-order valence-electron chi connectivity index (χ0n) is 14.2. The highest BCUT2D eigenvalue weighted by molar-refractivity contribution is 5.73. The maximum atomic E-state index is 11.4. The molecule has 8 N–H and O–H groups in total. The Labute approximate surface area is 152 Å². The second-order valence-corrected chi connectivity index (χ2v) is 6.30. The van der Waals surface area contributed by atoms with Gasteiger partial charge in [-0.3, -0.25) is 4.79 Å². The number of rotatable bonds is 5. The third kappa shape index (κ3) is 4.53. The maximum absolute atomic E-state index is 11.4. The van der Waals surface area contributed by atoms with Crippen LogP contribution >= 0.6 is 0 Å². The Hall–Kier alpha value is -1.42. The molecule has 2 aliphatic heterocycles. The fourth-order valence-corrected chi connectivity index (χ4v) is 2.95. The first-order valence-corrected chi connectivity index (χ1v) is 8.06. The van der Waals surface area contributed by atoms with Gasteiger partial charge in [0, 0.05) is 6.92 Å². The van der Waals surface area contributed by atoms with Crippen LogP contribution in [0.3, 0.4) is 0 Å². The number of aliphatic hydroxyl groups excluding tert-OH is 6. The van der Waals surface area contributed by atoms with Crippen LogP contribution in [0, 0.1) is 0 Å². The number of amides is 1. The summed E-state index contributed by atoms with van der Waals surface area (Å²) >= 11 is 0. The zero-order chi connectivity index (χ0) is 20.5. The summed E-state index contributed by atoms with van der Waals surface area (Å²) in [6, 6.07) is -1.37. The van der Waals surface area contributed by atoms with Gasteiger partial charge in [-0.15, -0.1) is 0 Å². The Balaban J connectivity index is 2.25. The van der Waals surface area contributed by atoms with E-state index in [0.717, 1.165) is 6.92 Å². The molecule has 0 aromatic heterocycles. The first-order valence-electron chi connectivity index (χ1n) is 8.06. The maximum Gasteiger partial charge on any atom is 0.335 e. The molecule has 1 amide bonds. The molecule has 13 nitrogen and oxygen atoms in total. The van der Waals surface area contributed by atoms with E-state index < -0.39 is 79.8 Å². The number of ether oxygens (including phenoxy) is 3. The minimum absolute atomic E-state index is 0.630. The van der Waals surface area contributed by atoms with Crippen molar-refractivity contribution in [1.82, 2.24) is 5.32 Å². The van der Waals surface area contributed by atoms with Crippen molar-refractivity contribution in [1.29, 1.82) is 0 Å². The van der Waals surface area contributed by atoms with Crippen LogP contribution in [0.5, 0.6) is 0 Å². The number of hydrogen-bond donors (Lipinski definition) is 8. The molecule has 0 aromatic carbocycles. The molecule has 0 bridgehead atoms. The summed E-state index contributed by atoms with van der Waals surface area (Å²) in [5.74, 6) is -2.27. The Morgan fingerprint density at radius 1 is 1.00 bits per heavy atom. The van der Waals surface area contributed by atoms with Crippen molar-refractivity contribution < 1.29 is 59.5 Å². The molecule has 156 valence electrons. The molecule has 13 heteroatoms. The monoisotopic (exact) mass is 397 g/mol. The van der Waals surface area contributed by atoms with Crippen LogP contribution in [0.1, 0.15) is 6.92 Å². The summed E-state index contributed by atoms with van der Waals surface area (Å²) in [5, 5.41) is 70.4. The molecule has 27 heavy (non-hydrogen) atoms. The highest BCUT2D eigenvalue weighted by atomic mass is 16.7. The molecule has 0 radical (unpaired) electrons. The Bertz CT molecular complexity index is 546. The minimum atomic E-state index is -1.95. The molecule has 2 heterocycles. The van der Waals surface area contributed by atoms with Gasteiger partial charge < -0.3 is 55.3 Å². The van der Waals surface area contributed by atoms with Crippen molar-refractivity contribution in [3.05, 3.63) is 0 Å². The summed E-state index contributed by atoms with van der Waals surface area (Å²) in [5.41, 5.74) is 0. The second-order valence-electron chi connectivity index (χ2n) is 6.30. The average Bonchev–Trinajstić information content (AvgIpc) is 2.60. The van der Waals surface area contributed by atoms with Gasteiger partial charge >= 0.3 is 5.97 Å². The molecule has 2 saturated heterocycles. The topological polar surface area (TPSA) is 215 Å². The van der Waals surface area contributed by atoms with Gasteiger partial charge in [-0.05, 0) is 0 Å². The molecular weight excluding hydrogens is 374 g/mol. The molecule has 10 atom stereocenters. The lowest BCUT2D eigenvalue weighted by molar-refractivity contribution is -0.336. The summed E-state index contributed by atoms with van der Waals surface area (Å²) in [4.78, 5) is 22.5. The lowest BCUT2D eigenvalue weighted by Crippen LogP contribution is -2.67. The summed E-state index contributed by atoms with van der Waals surface area (Å²) in [6.07, 6.45) is -15.8. The Morgan fingerprint density at radius 2 is 1.63 bits per heavy atom. The van der Waals surface area contributed by atoms with Crippen molar-refractivity contribution in [2.75, 3.05) is 6.61 Å². The van der Waals surface area contributed by atoms with Gasteiger partial charge in [-0.1, -0.05) is 0 Å². The highest BCUT2D eigenvalue weighted by Gasteiger charge is 2.52. The van der Waals surface area contributed by atoms with Gasteiger partial charge in [0.05, 0.1) is 6.61 Å². The van der Waals surface area contributed by atoms with E-state index in [1.807, 2.05) is 0 Å². The lowest BCUT2D eigenvalue weighted by Gasteiger charge is -2.46. The fraction of sp³-hybridized carbons (Fsp3) is 0.857. The second kappa shape index (κ2) is 8.72. The number of nitrogens with one attached hydrogen (secondary N) is 1. The van der Waals surface area contributed by atoms with E-state index in [2.05, 4.69) is 5.32 Å². The number of carbonyl (C=O) groups excluding carboxylic acids is 1. The van der Waals surface area contributed by atoms with Crippen molar-refractivity contribution >= 4 is 11.9 Å². The first-order chi connectivity index (χ1) is 12.6. The molecule has 2 aliphatic rings. The van der Waals surface area contributed by atoms with Crippen LogP contribution in [0.2, 0.25) is 0 Å². The predicted octanol–water partition coefficient (Wildman–Crippen LogP) is -5.16. The zero-order valence-corrected chi connectivity index (χ0v) is 14.2. The van der Waals surface area contributed by atoms with Crippen LogP contribution in [0.15, 0.2) is 0 Å². The smallest absolute Gasteiger partial charge is 0.335 e. The van der Waals surface area contributed by atoms with Crippen molar-refractivity contribution in [2.24, 2.45) is 0 Å². The van der Waals surface area contributed by atoms with Crippen molar-refractivity contribution in [3.8, 4) is 0 Å². The number of aliphatic hydroxyl groups is 6. The normalized spacial score (nSPS) is 45.3. The number of carbonyl (C=O) groups is 2. The summed E-state index contributed by atoms with van der Waals surface area (Å²) in [6.45, 7) is 0.388. The molecule has 2 rings (SSSR count). The molecule has 2 fully saturated rings. The molecule has 0 aliphatic carbocycles. The standard InChI is InChI=1S/C14H23NO12/c1-3(17)15-5-10(6(18)4(2-16)25-13(5)24)26-14-9(21)7(19)8(20)11(27-14)12(22)23/h4-11,13-14,16,18-21,24H,2H2,1H3,(H,15,17)(H,22,23)/t4-,5-,6+,7+,8+,9-,10-,11+,13-,14-/m1/s1.